The van der Waals surface area contributed by atoms with E-state index in [0.29, 0.717) is 34.2 Å². The monoisotopic (exact) mass is 545 g/mol. The molecule has 0 saturated heterocycles. The van der Waals surface area contributed by atoms with E-state index < -0.39 is 10.8 Å². The van der Waals surface area contributed by atoms with Crippen LogP contribution >= 0.6 is 34.8 Å². The van der Waals surface area contributed by atoms with Crippen molar-refractivity contribution in [2.24, 2.45) is 0 Å². The highest BCUT2D eigenvalue weighted by Crippen LogP contribution is 2.38. The third-order valence-corrected chi connectivity index (χ3v) is 5.74. The first-order valence-electron chi connectivity index (χ1n) is 10.4. The molecule has 0 fully saturated rings. The Labute approximate surface area is 221 Å². The summed E-state index contributed by atoms with van der Waals surface area (Å²) < 4.78 is 11.5. The molecule has 0 heterocycles. The molecular formula is C25H18Cl3N3O5. The standard InChI is InChI=1S/C25H18Cl3N3O5/c1-2-35-23-11-16(9-17(13-29)25(32)30-18-5-8-20(26)21(27)12-18)10-22(28)24(23)36-14-15-3-6-19(7-4-15)31(33)34/h3-12H,2,14H2,1H3,(H,30,32)/b17-9+. The average molecular weight is 547 g/mol. The number of hydrogen-bond acceptors (Lipinski definition) is 6. The number of nitriles is 1. The first-order chi connectivity index (χ1) is 17.2. The second kappa shape index (κ2) is 12.3. The summed E-state index contributed by atoms with van der Waals surface area (Å²) in [6.45, 7) is 2.17. The maximum atomic E-state index is 12.6. The van der Waals surface area contributed by atoms with Crippen LogP contribution in [0.5, 0.6) is 11.5 Å². The zero-order valence-corrected chi connectivity index (χ0v) is 21.0. The number of rotatable bonds is 9. The second-order valence-corrected chi connectivity index (χ2v) is 8.45. The molecule has 0 atom stereocenters. The quantitative estimate of drug-likeness (QED) is 0.133. The molecule has 184 valence electrons. The summed E-state index contributed by atoms with van der Waals surface area (Å²) in [5.74, 6) is -0.0865. The summed E-state index contributed by atoms with van der Waals surface area (Å²) >= 11 is 18.3. The molecule has 0 bridgehead atoms. The van der Waals surface area contributed by atoms with E-state index in [0.717, 1.165) is 0 Å². The van der Waals surface area contributed by atoms with E-state index in [1.54, 1.807) is 31.2 Å². The number of carbonyl (C=O) groups is 1. The highest BCUT2D eigenvalue weighted by Gasteiger charge is 2.16. The number of non-ortho nitro benzene ring substituents is 1. The number of carbonyl (C=O) groups excluding carboxylic acids is 1. The number of ether oxygens (including phenoxy) is 2. The van der Waals surface area contributed by atoms with E-state index in [1.807, 2.05) is 6.07 Å². The zero-order valence-electron chi connectivity index (χ0n) is 18.8. The lowest BCUT2D eigenvalue weighted by atomic mass is 10.1. The summed E-state index contributed by atoms with van der Waals surface area (Å²) in [6.07, 6.45) is 1.36. The number of nitro groups is 1. The van der Waals surface area contributed by atoms with E-state index in [1.165, 1.54) is 36.4 Å². The van der Waals surface area contributed by atoms with E-state index in [4.69, 9.17) is 44.3 Å². The van der Waals surface area contributed by atoms with Crippen LogP contribution in [-0.2, 0) is 11.4 Å². The second-order valence-electron chi connectivity index (χ2n) is 7.23. The molecule has 0 radical (unpaired) electrons. The minimum absolute atomic E-state index is 0.0283. The molecule has 0 unspecified atom stereocenters. The van der Waals surface area contributed by atoms with Gasteiger partial charge in [0.2, 0.25) is 0 Å². The smallest absolute Gasteiger partial charge is 0.269 e. The number of benzene rings is 3. The fourth-order valence-corrected chi connectivity index (χ4v) is 3.60. The van der Waals surface area contributed by atoms with Gasteiger partial charge in [0, 0.05) is 17.8 Å². The Bertz CT molecular complexity index is 1370. The van der Waals surface area contributed by atoms with Crippen molar-refractivity contribution < 1.29 is 19.2 Å². The summed E-state index contributed by atoms with van der Waals surface area (Å²) in [5, 5.41) is 23.7. The molecule has 8 nitrogen and oxygen atoms in total. The van der Waals surface area contributed by atoms with Gasteiger partial charge in [-0.1, -0.05) is 34.8 Å². The molecule has 1 N–H and O–H groups in total. The van der Waals surface area contributed by atoms with Gasteiger partial charge in [0.1, 0.15) is 18.2 Å². The zero-order chi connectivity index (χ0) is 26.2. The molecule has 0 spiro atoms. The topological polar surface area (TPSA) is 114 Å². The SMILES string of the molecule is CCOc1cc(/C=C(\C#N)C(=O)Nc2ccc(Cl)c(Cl)c2)cc(Cl)c1OCc1ccc([N+](=O)[O-])cc1. The van der Waals surface area contributed by atoms with Crippen LogP contribution in [0.2, 0.25) is 15.1 Å². The van der Waals surface area contributed by atoms with E-state index in [9.17, 15) is 20.2 Å². The number of nitrogens with zero attached hydrogens (tertiary/aromatic N) is 2. The lowest BCUT2D eigenvalue weighted by molar-refractivity contribution is -0.384. The Morgan fingerprint density at radius 1 is 1.06 bits per heavy atom. The Balaban J connectivity index is 1.82. The molecule has 36 heavy (non-hydrogen) atoms. The van der Waals surface area contributed by atoms with Crippen molar-refractivity contribution in [1.29, 1.82) is 5.26 Å². The molecule has 3 aromatic rings. The fraction of sp³-hybridized carbons (Fsp3) is 0.120. The highest BCUT2D eigenvalue weighted by molar-refractivity contribution is 6.42. The number of halogens is 3. The first-order valence-corrected chi connectivity index (χ1v) is 11.6. The van der Waals surface area contributed by atoms with Gasteiger partial charge in [-0.25, -0.2) is 0 Å². The van der Waals surface area contributed by atoms with E-state index in [2.05, 4.69) is 5.32 Å². The van der Waals surface area contributed by atoms with Crippen LogP contribution < -0.4 is 14.8 Å². The Kier molecular flexibility index (Phi) is 9.14. The highest BCUT2D eigenvalue weighted by atomic mass is 35.5. The Morgan fingerprint density at radius 2 is 1.78 bits per heavy atom. The predicted molar refractivity (Wildman–Crippen MR) is 139 cm³/mol. The third kappa shape index (κ3) is 6.89. The first kappa shape index (κ1) is 26.8. The van der Waals surface area contributed by atoms with Crippen LogP contribution in [0, 0.1) is 21.4 Å². The molecule has 0 aliphatic carbocycles. The van der Waals surface area contributed by atoms with Crippen molar-refractivity contribution in [2.75, 3.05) is 11.9 Å². The van der Waals surface area contributed by atoms with Crippen molar-refractivity contribution in [1.82, 2.24) is 0 Å². The molecule has 3 aromatic carbocycles. The number of nitro benzene ring substituents is 1. The Morgan fingerprint density at radius 3 is 2.39 bits per heavy atom. The van der Waals surface area contributed by atoms with Crippen LogP contribution in [0.4, 0.5) is 11.4 Å². The van der Waals surface area contributed by atoms with Crippen molar-refractivity contribution in [3.63, 3.8) is 0 Å². The Hall–Kier alpha value is -3.77. The fourth-order valence-electron chi connectivity index (χ4n) is 3.03. The van der Waals surface area contributed by atoms with Gasteiger partial charge < -0.3 is 14.8 Å². The maximum Gasteiger partial charge on any atom is 0.269 e. The van der Waals surface area contributed by atoms with E-state index >= 15 is 0 Å². The normalized spacial score (nSPS) is 10.9. The van der Waals surface area contributed by atoms with Gasteiger partial charge >= 0.3 is 0 Å². The van der Waals surface area contributed by atoms with Gasteiger partial charge in [-0.3, -0.25) is 14.9 Å². The van der Waals surface area contributed by atoms with Crippen LogP contribution in [0.3, 0.4) is 0 Å². The molecule has 1 amide bonds. The molecule has 0 aliphatic heterocycles. The van der Waals surface area contributed by atoms with Crippen molar-refractivity contribution in [2.45, 2.75) is 13.5 Å². The van der Waals surface area contributed by atoms with Crippen LogP contribution in [0.15, 0.2) is 60.2 Å². The number of anilines is 1. The van der Waals surface area contributed by atoms with Crippen molar-refractivity contribution in [3.05, 3.63) is 96.5 Å². The molecule has 0 saturated carbocycles. The van der Waals surface area contributed by atoms with Crippen molar-refractivity contribution in [3.8, 4) is 17.6 Å². The predicted octanol–water partition coefficient (Wildman–Crippen LogP) is 7.08. The summed E-state index contributed by atoms with van der Waals surface area (Å²) in [4.78, 5) is 23.0. The lowest BCUT2D eigenvalue weighted by Crippen LogP contribution is -2.13. The largest absolute Gasteiger partial charge is 0.490 e. The number of nitrogens with one attached hydrogen (secondary N) is 1. The van der Waals surface area contributed by atoms with Gasteiger partial charge in [-0.2, -0.15) is 5.26 Å². The summed E-state index contributed by atoms with van der Waals surface area (Å²) in [7, 11) is 0. The summed E-state index contributed by atoms with van der Waals surface area (Å²) in [5.41, 5.74) is 1.29. The van der Waals surface area contributed by atoms with Gasteiger partial charge in [0.15, 0.2) is 11.5 Å². The molecule has 0 aliphatic rings. The van der Waals surface area contributed by atoms with Crippen LogP contribution in [-0.4, -0.2) is 17.4 Å². The number of amides is 1. The maximum absolute atomic E-state index is 12.6. The minimum Gasteiger partial charge on any atom is -0.490 e. The van der Waals surface area contributed by atoms with Gasteiger partial charge in [-0.15, -0.1) is 0 Å². The number of hydrogen-bond donors (Lipinski definition) is 1. The van der Waals surface area contributed by atoms with Crippen LogP contribution in [0.25, 0.3) is 6.08 Å². The molecule has 11 heteroatoms. The van der Waals surface area contributed by atoms with Crippen LogP contribution in [0.1, 0.15) is 18.1 Å². The van der Waals surface area contributed by atoms with Gasteiger partial charge in [0.05, 0.1) is 26.6 Å². The van der Waals surface area contributed by atoms with E-state index in [-0.39, 0.29) is 33.7 Å². The minimum atomic E-state index is -0.650. The molecular weight excluding hydrogens is 529 g/mol. The molecule has 0 aromatic heterocycles. The van der Waals surface area contributed by atoms with Crippen molar-refractivity contribution >= 4 is 58.2 Å². The third-order valence-electron chi connectivity index (χ3n) is 4.72. The van der Waals surface area contributed by atoms with Gasteiger partial charge in [-0.05, 0) is 66.6 Å². The molecule has 3 rings (SSSR count). The average Bonchev–Trinajstić information content (AvgIpc) is 2.84. The van der Waals surface area contributed by atoms with Gasteiger partial charge in [0.25, 0.3) is 11.6 Å². The lowest BCUT2D eigenvalue weighted by Gasteiger charge is -2.15. The summed E-state index contributed by atoms with van der Waals surface area (Å²) in [6, 6.07) is 15.5.